The lowest BCUT2D eigenvalue weighted by Crippen LogP contribution is -2.56. The number of fused-ring (bicyclic) bond motifs is 2. The number of ether oxygens (including phenoxy) is 1. The number of carboxylic acid groups (broad SMARTS) is 1. The van der Waals surface area contributed by atoms with E-state index in [-0.39, 0.29) is 17.2 Å². The maximum absolute atomic E-state index is 13.5. The molecule has 0 saturated heterocycles. The number of hydrogen-bond acceptors (Lipinski definition) is 9. The van der Waals surface area contributed by atoms with Crippen LogP contribution in [-0.4, -0.2) is 54.2 Å². The molecule has 49 heavy (non-hydrogen) atoms. The summed E-state index contributed by atoms with van der Waals surface area (Å²) in [6.07, 6.45) is 9.04. The Hall–Kier alpha value is -4.81. The number of hydrogen-bond donors (Lipinski definition) is 3. The van der Waals surface area contributed by atoms with Gasteiger partial charge in [0, 0.05) is 42.5 Å². The first-order valence-corrected chi connectivity index (χ1v) is 17.7. The van der Waals surface area contributed by atoms with Gasteiger partial charge in [-0.1, -0.05) is 35.6 Å². The van der Waals surface area contributed by atoms with Gasteiger partial charge in [0.15, 0.2) is 5.13 Å². The Morgan fingerprint density at radius 1 is 1.02 bits per heavy atom. The zero-order valence-corrected chi connectivity index (χ0v) is 27.7. The molecule has 4 aliphatic carbocycles. The van der Waals surface area contributed by atoms with Crippen molar-refractivity contribution >= 4 is 44.6 Å². The number of nitrogens with zero attached hydrogens (tertiary/aromatic N) is 5. The summed E-state index contributed by atoms with van der Waals surface area (Å²) in [4.78, 5) is 36.6. The van der Waals surface area contributed by atoms with Crippen molar-refractivity contribution in [3.63, 3.8) is 0 Å². The minimum atomic E-state index is -1.45. The fourth-order valence-electron chi connectivity index (χ4n) is 9.59. The monoisotopic (exact) mass is 676 g/mol. The molecule has 1 aliphatic heterocycles. The molecule has 2 unspecified atom stereocenters. The minimum absolute atomic E-state index is 0.0127. The van der Waals surface area contributed by atoms with Crippen LogP contribution in [0.25, 0.3) is 21.3 Å². The van der Waals surface area contributed by atoms with Gasteiger partial charge in [-0.2, -0.15) is 10.1 Å². The van der Waals surface area contributed by atoms with Crippen molar-refractivity contribution in [1.82, 2.24) is 19.7 Å². The summed E-state index contributed by atoms with van der Waals surface area (Å²) >= 11 is 1.43. The lowest BCUT2D eigenvalue weighted by atomic mass is 9.48. The Bertz CT molecular complexity index is 2080. The van der Waals surface area contributed by atoms with Crippen molar-refractivity contribution in [2.24, 2.45) is 17.3 Å². The first-order valence-electron chi connectivity index (χ1n) is 16.9. The maximum Gasteiger partial charge on any atom is 0.512 e. The van der Waals surface area contributed by atoms with Gasteiger partial charge in [-0.3, -0.25) is 14.8 Å². The molecular formula is C37H36N6O5S. The van der Waals surface area contributed by atoms with E-state index >= 15 is 0 Å². The standard InChI is InChI=1S/C37H36N6O5S/c44-32(41-34-39-29-6-1-2-7-30(29)49-34)27-5-3-4-24-10-11-42(19-28(24)27)31-9-8-26(33(40-31)48-35(45)46)25-17-38-43(18-25)21-36-13-22-12-23(14-36)16-37(47,15-22)20-36/h1-9,17-18,22-23,47H,10-16,19-21H2,(H,45,46)(H,39,41,44). The highest BCUT2D eigenvalue weighted by Gasteiger charge is 2.57. The van der Waals surface area contributed by atoms with E-state index in [1.54, 1.807) is 6.20 Å². The molecular weight excluding hydrogens is 641 g/mol. The molecule has 4 heterocycles. The normalized spacial score (nSPS) is 25.4. The highest BCUT2D eigenvalue weighted by Crippen LogP contribution is 2.62. The van der Waals surface area contributed by atoms with Crippen LogP contribution in [0, 0.1) is 17.3 Å². The number of aliphatic hydroxyl groups is 1. The molecule has 2 aromatic carbocycles. The van der Waals surface area contributed by atoms with Crippen LogP contribution in [0.15, 0.2) is 67.0 Å². The van der Waals surface area contributed by atoms with Crippen LogP contribution >= 0.6 is 11.3 Å². The first-order chi connectivity index (χ1) is 23.7. The van der Waals surface area contributed by atoms with Crippen molar-refractivity contribution in [3.8, 4) is 17.0 Å². The second-order valence-electron chi connectivity index (χ2n) is 14.6. The third-order valence-corrected chi connectivity index (χ3v) is 11.9. The van der Waals surface area contributed by atoms with E-state index in [2.05, 4.69) is 15.4 Å². The van der Waals surface area contributed by atoms with Gasteiger partial charge in [0.05, 0.1) is 22.0 Å². The van der Waals surface area contributed by atoms with E-state index in [4.69, 9.17) is 9.72 Å². The number of carbonyl (C=O) groups is 2. The Morgan fingerprint density at radius 3 is 2.65 bits per heavy atom. The smallest absolute Gasteiger partial charge is 0.449 e. The number of nitrogens with one attached hydrogen (secondary N) is 1. The molecule has 3 aromatic heterocycles. The topological polar surface area (TPSA) is 143 Å². The van der Waals surface area contributed by atoms with Crippen molar-refractivity contribution < 1.29 is 24.5 Å². The van der Waals surface area contributed by atoms with E-state index < -0.39 is 11.8 Å². The Kier molecular flexibility index (Phi) is 7.03. The van der Waals surface area contributed by atoms with Crippen LogP contribution in [0.5, 0.6) is 5.88 Å². The Labute approximate surface area is 286 Å². The van der Waals surface area contributed by atoms with Gasteiger partial charge in [0.2, 0.25) is 5.88 Å². The van der Waals surface area contributed by atoms with E-state index in [9.17, 15) is 19.8 Å². The zero-order valence-electron chi connectivity index (χ0n) is 26.8. The van der Waals surface area contributed by atoms with E-state index in [0.29, 0.717) is 53.4 Å². The SMILES string of the molecule is O=C(O)Oc1nc(N2CCc3cccc(C(=O)Nc4nc5ccccc5s4)c3C2)ccc1-c1cnn(CC23CC4CC(CC(O)(C4)C2)C3)c1. The quantitative estimate of drug-likeness (QED) is 0.159. The lowest BCUT2D eigenvalue weighted by Gasteiger charge is -2.60. The lowest BCUT2D eigenvalue weighted by molar-refractivity contribution is -0.168. The molecule has 0 spiro atoms. The van der Waals surface area contributed by atoms with Crippen LogP contribution in [-0.2, 0) is 19.5 Å². The van der Waals surface area contributed by atoms with Crippen molar-refractivity contribution in [2.45, 2.75) is 63.6 Å². The number of pyridine rings is 1. The number of amides is 1. The molecule has 12 heteroatoms. The number of para-hydroxylation sites is 1. The minimum Gasteiger partial charge on any atom is -0.449 e. The molecule has 4 saturated carbocycles. The number of carbonyl (C=O) groups excluding carboxylic acids is 1. The number of anilines is 2. The summed E-state index contributed by atoms with van der Waals surface area (Å²) in [6.45, 7) is 1.79. The van der Waals surface area contributed by atoms with Gasteiger partial charge in [0.25, 0.3) is 5.91 Å². The fraction of sp³-hybridized carbons (Fsp3) is 0.378. The molecule has 4 fully saturated rings. The number of rotatable bonds is 7. The highest BCUT2D eigenvalue weighted by atomic mass is 32.1. The molecule has 4 bridgehead atoms. The van der Waals surface area contributed by atoms with Gasteiger partial charge in [-0.05, 0) is 104 Å². The molecule has 10 rings (SSSR count). The average molecular weight is 677 g/mol. The van der Waals surface area contributed by atoms with Gasteiger partial charge in [-0.15, -0.1) is 0 Å². The summed E-state index contributed by atoms with van der Waals surface area (Å²) < 4.78 is 8.19. The maximum atomic E-state index is 13.5. The predicted octanol–water partition coefficient (Wildman–Crippen LogP) is 6.76. The second-order valence-corrected chi connectivity index (χ2v) is 15.6. The summed E-state index contributed by atoms with van der Waals surface area (Å²) in [6, 6.07) is 17.2. The third-order valence-electron chi connectivity index (χ3n) is 11.0. The van der Waals surface area contributed by atoms with Crippen LogP contribution in [0.3, 0.4) is 0 Å². The van der Waals surface area contributed by atoms with Crippen molar-refractivity contribution in [1.29, 1.82) is 0 Å². The molecule has 0 radical (unpaired) electrons. The summed E-state index contributed by atoms with van der Waals surface area (Å²) in [5.41, 5.74) is 4.15. The second kappa shape index (κ2) is 11.4. The molecule has 5 aliphatic rings. The largest absolute Gasteiger partial charge is 0.512 e. The Balaban J connectivity index is 0.960. The van der Waals surface area contributed by atoms with Crippen LogP contribution in [0.2, 0.25) is 0 Å². The van der Waals surface area contributed by atoms with Gasteiger partial charge < -0.3 is 19.8 Å². The van der Waals surface area contributed by atoms with Crippen molar-refractivity contribution in [3.05, 3.63) is 83.7 Å². The molecule has 250 valence electrons. The zero-order chi connectivity index (χ0) is 33.3. The summed E-state index contributed by atoms with van der Waals surface area (Å²) in [5, 5.41) is 29.1. The average Bonchev–Trinajstić information content (AvgIpc) is 3.68. The Morgan fingerprint density at radius 2 is 1.86 bits per heavy atom. The summed E-state index contributed by atoms with van der Waals surface area (Å²) in [7, 11) is 0. The number of aromatic nitrogens is 4. The van der Waals surface area contributed by atoms with Gasteiger partial charge in [0.1, 0.15) is 5.82 Å². The molecule has 2 atom stereocenters. The van der Waals surface area contributed by atoms with E-state index in [0.717, 1.165) is 65.6 Å². The van der Waals surface area contributed by atoms with Crippen LogP contribution in [0.4, 0.5) is 15.7 Å². The fourth-order valence-corrected chi connectivity index (χ4v) is 10.4. The number of thiazole rings is 1. The molecule has 11 nitrogen and oxygen atoms in total. The van der Waals surface area contributed by atoms with Gasteiger partial charge in [-0.25, -0.2) is 9.78 Å². The van der Waals surface area contributed by atoms with Crippen LogP contribution in [0.1, 0.15) is 60.0 Å². The molecule has 3 N–H and O–H groups in total. The first kappa shape index (κ1) is 30.3. The highest BCUT2D eigenvalue weighted by molar-refractivity contribution is 7.22. The van der Waals surface area contributed by atoms with Crippen LogP contribution < -0.4 is 15.0 Å². The summed E-state index contributed by atoms with van der Waals surface area (Å²) in [5.74, 6) is 1.48. The van der Waals surface area contributed by atoms with Crippen molar-refractivity contribution in [2.75, 3.05) is 16.8 Å². The predicted molar refractivity (Wildman–Crippen MR) is 185 cm³/mol. The molecule has 1 amide bonds. The van der Waals surface area contributed by atoms with Gasteiger partial charge >= 0.3 is 6.16 Å². The van der Waals surface area contributed by atoms with E-state index in [1.165, 1.54) is 17.8 Å². The van der Waals surface area contributed by atoms with E-state index in [1.807, 2.05) is 70.4 Å². The molecule has 5 aromatic rings. The third kappa shape index (κ3) is 5.62. The number of benzene rings is 2.